The number of methoxy groups -OCH3 is 1. The highest BCUT2D eigenvalue weighted by Crippen LogP contribution is 2.37. The molecule has 1 unspecified atom stereocenters. The number of hydrogen-bond donors (Lipinski definition) is 1. The van der Waals surface area contributed by atoms with Crippen LogP contribution in [0.5, 0.6) is 17.2 Å². The van der Waals surface area contributed by atoms with Crippen LogP contribution in [0.1, 0.15) is 16.7 Å². The number of carbonyl (C=O) groups excluding carboxylic acids is 1. The van der Waals surface area contributed by atoms with E-state index in [2.05, 4.69) is 12.1 Å². The molecule has 2 N–H and O–H groups in total. The van der Waals surface area contributed by atoms with Gasteiger partial charge in [0.05, 0.1) is 13.7 Å². The molecule has 2 aromatic rings. The molecule has 0 spiro atoms. The maximum atomic E-state index is 11.0. The lowest BCUT2D eigenvalue weighted by Gasteiger charge is -2.27. The summed E-state index contributed by atoms with van der Waals surface area (Å²) in [4.78, 5) is 11.0. The molecule has 132 valence electrons. The number of para-hydroxylation sites is 1. The zero-order chi connectivity index (χ0) is 17.8. The number of amides is 1. The molecule has 1 amide bonds. The van der Waals surface area contributed by atoms with Gasteiger partial charge in [-0.05, 0) is 43.0 Å². The first-order chi connectivity index (χ1) is 12.1. The van der Waals surface area contributed by atoms with Crippen LogP contribution >= 0.6 is 0 Å². The van der Waals surface area contributed by atoms with Crippen LogP contribution in [0.25, 0.3) is 0 Å². The van der Waals surface area contributed by atoms with Crippen molar-refractivity contribution in [3.63, 3.8) is 0 Å². The van der Waals surface area contributed by atoms with E-state index >= 15 is 0 Å². The summed E-state index contributed by atoms with van der Waals surface area (Å²) in [5.74, 6) is 2.18. The Labute approximate surface area is 147 Å². The van der Waals surface area contributed by atoms with Gasteiger partial charge in [0.25, 0.3) is 5.91 Å². The van der Waals surface area contributed by atoms with E-state index < -0.39 is 5.91 Å². The van der Waals surface area contributed by atoms with Gasteiger partial charge >= 0.3 is 0 Å². The fraction of sp³-hybridized carbons (Fsp3) is 0.350. The summed E-state index contributed by atoms with van der Waals surface area (Å²) in [6.45, 7) is 2.55. The van der Waals surface area contributed by atoms with Gasteiger partial charge in [-0.15, -0.1) is 0 Å². The monoisotopic (exact) mass is 341 g/mol. The van der Waals surface area contributed by atoms with Crippen LogP contribution in [0.4, 0.5) is 0 Å². The van der Waals surface area contributed by atoms with Crippen molar-refractivity contribution in [2.45, 2.75) is 19.8 Å². The third-order valence-electron chi connectivity index (χ3n) is 4.35. The van der Waals surface area contributed by atoms with Crippen molar-refractivity contribution in [1.82, 2.24) is 0 Å². The average molecular weight is 341 g/mol. The van der Waals surface area contributed by atoms with Crippen LogP contribution in [0.3, 0.4) is 0 Å². The molecular weight excluding hydrogens is 318 g/mol. The Hall–Kier alpha value is -2.69. The molecule has 0 bridgehead atoms. The summed E-state index contributed by atoms with van der Waals surface area (Å²) >= 11 is 0. The number of rotatable bonds is 6. The number of ether oxygens (including phenoxy) is 3. The molecule has 0 saturated heterocycles. The van der Waals surface area contributed by atoms with Crippen molar-refractivity contribution >= 4 is 5.91 Å². The predicted octanol–water partition coefficient (Wildman–Crippen LogP) is 2.66. The van der Waals surface area contributed by atoms with Crippen molar-refractivity contribution in [2.75, 3.05) is 20.3 Å². The van der Waals surface area contributed by atoms with Gasteiger partial charge in [-0.25, -0.2) is 0 Å². The number of hydrogen-bond acceptors (Lipinski definition) is 4. The van der Waals surface area contributed by atoms with Crippen LogP contribution in [-0.4, -0.2) is 26.2 Å². The summed E-state index contributed by atoms with van der Waals surface area (Å²) in [5, 5.41) is 0. The van der Waals surface area contributed by atoms with Crippen LogP contribution < -0.4 is 19.9 Å². The third-order valence-corrected chi connectivity index (χ3v) is 4.35. The minimum atomic E-state index is -0.478. The molecule has 1 atom stereocenters. The maximum absolute atomic E-state index is 11.0. The highest BCUT2D eigenvalue weighted by Gasteiger charge is 2.24. The van der Waals surface area contributed by atoms with E-state index in [0.29, 0.717) is 18.3 Å². The lowest BCUT2D eigenvalue weighted by molar-refractivity contribution is -0.119. The molecule has 0 radical (unpaired) electrons. The van der Waals surface area contributed by atoms with Gasteiger partial charge in [0, 0.05) is 5.92 Å². The second-order valence-corrected chi connectivity index (χ2v) is 6.40. The fourth-order valence-electron chi connectivity index (χ4n) is 3.22. The van der Waals surface area contributed by atoms with Gasteiger partial charge in [-0.2, -0.15) is 0 Å². The van der Waals surface area contributed by atoms with E-state index in [4.69, 9.17) is 19.9 Å². The van der Waals surface area contributed by atoms with Crippen LogP contribution in [0, 0.1) is 12.8 Å². The van der Waals surface area contributed by atoms with Gasteiger partial charge in [0.2, 0.25) is 0 Å². The third kappa shape index (κ3) is 4.05. The summed E-state index contributed by atoms with van der Waals surface area (Å²) in [7, 11) is 1.65. The van der Waals surface area contributed by atoms with Gasteiger partial charge in [0.15, 0.2) is 18.1 Å². The Balaban J connectivity index is 1.76. The number of primary amides is 1. The van der Waals surface area contributed by atoms with Crippen molar-refractivity contribution in [3.8, 4) is 17.2 Å². The van der Waals surface area contributed by atoms with E-state index in [0.717, 1.165) is 41.0 Å². The zero-order valence-electron chi connectivity index (χ0n) is 14.6. The van der Waals surface area contributed by atoms with Gasteiger partial charge < -0.3 is 19.9 Å². The normalized spacial score (nSPS) is 15.8. The van der Waals surface area contributed by atoms with Crippen LogP contribution in [0.15, 0.2) is 36.4 Å². The Morgan fingerprint density at radius 2 is 2.12 bits per heavy atom. The summed E-state index contributed by atoms with van der Waals surface area (Å²) in [6, 6.07) is 11.9. The van der Waals surface area contributed by atoms with Crippen molar-refractivity contribution in [1.29, 1.82) is 0 Å². The van der Waals surface area contributed by atoms with Gasteiger partial charge in [0.1, 0.15) is 5.75 Å². The molecule has 2 aromatic carbocycles. The molecule has 0 saturated carbocycles. The minimum Gasteiger partial charge on any atom is -0.493 e. The molecule has 0 fully saturated rings. The van der Waals surface area contributed by atoms with Crippen molar-refractivity contribution in [3.05, 3.63) is 53.1 Å². The van der Waals surface area contributed by atoms with E-state index in [-0.39, 0.29) is 6.61 Å². The number of nitrogens with two attached hydrogens (primary N) is 1. The maximum Gasteiger partial charge on any atom is 0.255 e. The minimum absolute atomic E-state index is 0.114. The second-order valence-electron chi connectivity index (χ2n) is 6.40. The second kappa shape index (κ2) is 7.47. The molecule has 1 heterocycles. The fourth-order valence-corrected chi connectivity index (χ4v) is 3.22. The average Bonchev–Trinajstić information content (AvgIpc) is 2.60. The van der Waals surface area contributed by atoms with Gasteiger partial charge in [-0.1, -0.05) is 29.8 Å². The number of fused-ring (bicyclic) bond motifs is 1. The number of benzene rings is 2. The Bertz CT molecular complexity index is 772. The smallest absolute Gasteiger partial charge is 0.255 e. The highest BCUT2D eigenvalue weighted by molar-refractivity contribution is 5.75. The highest BCUT2D eigenvalue weighted by atomic mass is 16.5. The number of carbonyl (C=O) groups is 1. The molecule has 25 heavy (non-hydrogen) atoms. The first-order valence-corrected chi connectivity index (χ1v) is 8.36. The molecule has 1 aliphatic rings. The molecular formula is C20H23NO4. The van der Waals surface area contributed by atoms with Crippen LogP contribution in [-0.2, 0) is 17.6 Å². The number of aryl methyl sites for hydroxylation is 1. The van der Waals surface area contributed by atoms with Gasteiger partial charge in [-0.3, -0.25) is 4.79 Å². The summed E-state index contributed by atoms with van der Waals surface area (Å²) < 4.78 is 16.9. The van der Waals surface area contributed by atoms with Crippen molar-refractivity contribution in [2.24, 2.45) is 11.7 Å². The van der Waals surface area contributed by atoms with Crippen molar-refractivity contribution < 1.29 is 19.0 Å². The first kappa shape index (κ1) is 17.1. The zero-order valence-corrected chi connectivity index (χ0v) is 14.6. The molecule has 1 aliphatic heterocycles. The lowest BCUT2D eigenvalue weighted by atomic mass is 9.90. The van der Waals surface area contributed by atoms with E-state index in [1.165, 1.54) is 0 Å². The van der Waals surface area contributed by atoms with Crippen LogP contribution in [0.2, 0.25) is 0 Å². The quantitative estimate of drug-likeness (QED) is 0.877. The van der Waals surface area contributed by atoms with E-state index in [1.54, 1.807) is 7.11 Å². The molecule has 5 heteroatoms. The Kier molecular flexibility index (Phi) is 5.12. The Morgan fingerprint density at radius 3 is 2.88 bits per heavy atom. The molecule has 3 rings (SSSR count). The SMILES string of the molecule is COc1cccc2c1OCC(Cc1cc(C)ccc1OCC(N)=O)C2. The molecule has 0 aromatic heterocycles. The largest absolute Gasteiger partial charge is 0.493 e. The lowest BCUT2D eigenvalue weighted by Crippen LogP contribution is -2.24. The summed E-state index contributed by atoms with van der Waals surface area (Å²) in [5.41, 5.74) is 8.57. The predicted molar refractivity (Wildman–Crippen MR) is 95.3 cm³/mol. The molecule has 5 nitrogen and oxygen atoms in total. The van der Waals surface area contributed by atoms with E-state index in [9.17, 15) is 4.79 Å². The van der Waals surface area contributed by atoms with E-state index in [1.807, 2.05) is 31.2 Å². The Morgan fingerprint density at radius 1 is 1.28 bits per heavy atom. The topological polar surface area (TPSA) is 70.8 Å². The first-order valence-electron chi connectivity index (χ1n) is 8.36. The standard InChI is InChI=1S/C20H23NO4/c1-13-6-7-17(24-12-19(21)22)16(8-13)10-14-9-15-4-3-5-18(23-2)20(15)25-11-14/h3-8,14H,9-12H2,1-2H3,(H2,21,22). The molecule has 0 aliphatic carbocycles. The summed E-state index contributed by atoms with van der Waals surface area (Å²) in [6.07, 6.45) is 1.72.